The maximum absolute atomic E-state index is 8.84. The van der Waals surface area contributed by atoms with Gasteiger partial charge in [0.15, 0.2) is 0 Å². The molecule has 0 bridgehead atoms. The molecule has 2 heteroatoms. The summed E-state index contributed by atoms with van der Waals surface area (Å²) < 4.78 is 0. The summed E-state index contributed by atoms with van der Waals surface area (Å²) in [6, 6.07) is 8.50. The minimum absolute atomic E-state index is 0.305. The number of hydrogen-bond donors (Lipinski definition) is 1. The van der Waals surface area contributed by atoms with Gasteiger partial charge in [-0.15, -0.1) is 11.8 Å². The van der Waals surface area contributed by atoms with E-state index in [1.165, 1.54) is 10.5 Å². The fraction of sp³-hybridized carbons (Fsp3) is 0.400. The van der Waals surface area contributed by atoms with Gasteiger partial charge < -0.3 is 5.11 Å². The number of aliphatic hydroxyl groups is 1. The van der Waals surface area contributed by atoms with E-state index in [-0.39, 0.29) is 0 Å². The largest absolute Gasteiger partial charge is 0.396 e. The Morgan fingerprint density at radius 3 is 3.08 bits per heavy atom. The lowest BCUT2D eigenvalue weighted by Crippen LogP contribution is -1.99. The van der Waals surface area contributed by atoms with Gasteiger partial charge in [-0.25, -0.2) is 0 Å². The summed E-state index contributed by atoms with van der Waals surface area (Å²) in [6.07, 6.45) is 0.907. The number of thioether (sulfide) groups is 1. The second kappa shape index (κ2) is 3.50. The molecule has 0 radical (unpaired) electrons. The molecular formula is C10H12OS. The molecule has 1 N–H and O–H groups in total. The molecule has 0 aromatic heterocycles. The first-order valence-electron chi connectivity index (χ1n) is 4.24. The Labute approximate surface area is 76.8 Å². The third-order valence-corrected chi connectivity index (χ3v) is 3.53. The van der Waals surface area contributed by atoms with Crippen LogP contribution in [0.5, 0.6) is 0 Å². The molecule has 0 saturated carbocycles. The van der Waals surface area contributed by atoms with Crippen LogP contribution in [0.3, 0.4) is 0 Å². The molecule has 1 aliphatic rings. The standard InChI is InChI=1S/C10H12OS/c11-6-5-8-7-12-10-4-2-1-3-9(8)10/h1-4,8,11H,5-7H2. The average molecular weight is 180 g/mol. The van der Waals surface area contributed by atoms with Crippen molar-refractivity contribution in [3.05, 3.63) is 29.8 Å². The normalized spacial score (nSPS) is 20.9. The van der Waals surface area contributed by atoms with E-state index in [0.717, 1.165) is 12.2 Å². The van der Waals surface area contributed by atoms with E-state index in [4.69, 9.17) is 5.11 Å². The van der Waals surface area contributed by atoms with Crippen LogP contribution in [0.1, 0.15) is 17.9 Å². The molecule has 0 spiro atoms. The van der Waals surface area contributed by atoms with Crippen molar-refractivity contribution >= 4 is 11.8 Å². The number of benzene rings is 1. The summed E-state index contributed by atoms with van der Waals surface area (Å²) in [7, 11) is 0. The third kappa shape index (κ3) is 1.37. The first-order valence-corrected chi connectivity index (χ1v) is 5.23. The SMILES string of the molecule is OCCC1CSc2ccccc21. The number of hydrogen-bond acceptors (Lipinski definition) is 2. The van der Waals surface area contributed by atoms with Crippen molar-refractivity contribution in [1.29, 1.82) is 0 Å². The van der Waals surface area contributed by atoms with Crippen LogP contribution in [0.4, 0.5) is 0 Å². The summed E-state index contributed by atoms with van der Waals surface area (Å²) in [5.41, 5.74) is 1.43. The van der Waals surface area contributed by atoms with Crippen LogP contribution in [-0.4, -0.2) is 17.5 Å². The van der Waals surface area contributed by atoms with Crippen LogP contribution >= 0.6 is 11.8 Å². The van der Waals surface area contributed by atoms with Crippen molar-refractivity contribution in [2.24, 2.45) is 0 Å². The third-order valence-electron chi connectivity index (χ3n) is 2.28. The summed E-state index contributed by atoms with van der Waals surface area (Å²) >= 11 is 1.90. The first-order chi connectivity index (χ1) is 5.92. The van der Waals surface area contributed by atoms with Crippen LogP contribution in [0, 0.1) is 0 Å². The van der Waals surface area contributed by atoms with Gasteiger partial charge in [-0.2, -0.15) is 0 Å². The van der Waals surface area contributed by atoms with E-state index in [1.807, 2.05) is 11.8 Å². The summed E-state index contributed by atoms with van der Waals surface area (Å²) in [5.74, 6) is 1.72. The molecule has 64 valence electrons. The molecule has 0 amide bonds. The van der Waals surface area contributed by atoms with Gasteiger partial charge in [0.25, 0.3) is 0 Å². The second-order valence-corrected chi connectivity index (χ2v) is 4.12. The molecule has 1 aliphatic heterocycles. The fourth-order valence-electron chi connectivity index (χ4n) is 1.62. The first kappa shape index (κ1) is 8.14. The Morgan fingerprint density at radius 2 is 2.25 bits per heavy atom. The number of rotatable bonds is 2. The molecule has 1 aromatic carbocycles. The van der Waals surface area contributed by atoms with Crippen LogP contribution in [-0.2, 0) is 0 Å². The Balaban J connectivity index is 2.24. The maximum atomic E-state index is 8.84. The molecule has 0 aliphatic carbocycles. The van der Waals surface area contributed by atoms with Gasteiger partial charge in [0.05, 0.1) is 0 Å². The highest BCUT2D eigenvalue weighted by Gasteiger charge is 2.21. The molecule has 1 nitrogen and oxygen atoms in total. The van der Waals surface area contributed by atoms with E-state index in [1.54, 1.807) is 0 Å². The van der Waals surface area contributed by atoms with E-state index < -0.39 is 0 Å². The Morgan fingerprint density at radius 1 is 1.42 bits per heavy atom. The van der Waals surface area contributed by atoms with Gasteiger partial charge in [-0.05, 0) is 24.0 Å². The lowest BCUT2D eigenvalue weighted by Gasteiger charge is -2.06. The minimum Gasteiger partial charge on any atom is -0.396 e. The minimum atomic E-state index is 0.305. The monoisotopic (exact) mass is 180 g/mol. The molecule has 0 saturated heterocycles. The number of aliphatic hydroxyl groups excluding tert-OH is 1. The molecule has 1 heterocycles. The van der Waals surface area contributed by atoms with Gasteiger partial charge in [-0.1, -0.05) is 18.2 Å². The predicted octanol–water partition coefficient (Wildman–Crippen LogP) is 2.26. The summed E-state index contributed by atoms with van der Waals surface area (Å²) in [4.78, 5) is 1.40. The molecule has 1 unspecified atom stereocenters. The van der Waals surface area contributed by atoms with E-state index in [0.29, 0.717) is 12.5 Å². The quantitative estimate of drug-likeness (QED) is 0.753. The Kier molecular flexibility index (Phi) is 2.38. The van der Waals surface area contributed by atoms with Crippen molar-refractivity contribution in [3.8, 4) is 0 Å². The van der Waals surface area contributed by atoms with Gasteiger partial charge >= 0.3 is 0 Å². The van der Waals surface area contributed by atoms with E-state index in [2.05, 4.69) is 24.3 Å². The van der Waals surface area contributed by atoms with Crippen molar-refractivity contribution in [3.63, 3.8) is 0 Å². The van der Waals surface area contributed by atoms with Gasteiger partial charge in [-0.3, -0.25) is 0 Å². The van der Waals surface area contributed by atoms with Gasteiger partial charge in [0.2, 0.25) is 0 Å². The van der Waals surface area contributed by atoms with E-state index in [9.17, 15) is 0 Å². The maximum Gasteiger partial charge on any atom is 0.0437 e. The topological polar surface area (TPSA) is 20.2 Å². The van der Waals surface area contributed by atoms with E-state index >= 15 is 0 Å². The number of fused-ring (bicyclic) bond motifs is 1. The van der Waals surface area contributed by atoms with Crippen LogP contribution < -0.4 is 0 Å². The molecule has 1 aromatic rings. The molecule has 1 atom stereocenters. The zero-order chi connectivity index (χ0) is 8.39. The van der Waals surface area contributed by atoms with Crippen LogP contribution in [0.25, 0.3) is 0 Å². The highest BCUT2D eigenvalue weighted by Crippen LogP contribution is 2.40. The zero-order valence-corrected chi connectivity index (χ0v) is 7.68. The highest BCUT2D eigenvalue weighted by atomic mass is 32.2. The second-order valence-electron chi connectivity index (χ2n) is 3.06. The zero-order valence-electron chi connectivity index (χ0n) is 6.86. The van der Waals surface area contributed by atoms with Crippen molar-refractivity contribution in [1.82, 2.24) is 0 Å². The predicted molar refractivity (Wildman–Crippen MR) is 51.6 cm³/mol. The molecule has 2 rings (SSSR count). The Bertz CT molecular complexity index is 270. The lowest BCUT2D eigenvalue weighted by molar-refractivity contribution is 0.279. The molecule has 0 fully saturated rings. The molecular weight excluding hydrogens is 168 g/mol. The lowest BCUT2D eigenvalue weighted by atomic mass is 9.99. The van der Waals surface area contributed by atoms with Crippen LogP contribution in [0.15, 0.2) is 29.2 Å². The van der Waals surface area contributed by atoms with Crippen LogP contribution in [0.2, 0.25) is 0 Å². The fourth-order valence-corrected chi connectivity index (χ4v) is 2.93. The van der Waals surface area contributed by atoms with Crippen molar-refractivity contribution < 1.29 is 5.11 Å². The van der Waals surface area contributed by atoms with Crippen molar-refractivity contribution in [2.75, 3.05) is 12.4 Å². The average Bonchev–Trinajstić information content (AvgIpc) is 2.50. The molecule has 12 heavy (non-hydrogen) atoms. The summed E-state index contributed by atoms with van der Waals surface area (Å²) in [6.45, 7) is 0.305. The van der Waals surface area contributed by atoms with Gasteiger partial charge in [0, 0.05) is 17.3 Å². The highest BCUT2D eigenvalue weighted by molar-refractivity contribution is 7.99. The van der Waals surface area contributed by atoms with Crippen molar-refractivity contribution in [2.45, 2.75) is 17.2 Å². The summed E-state index contributed by atoms with van der Waals surface area (Å²) in [5, 5.41) is 8.84. The smallest absolute Gasteiger partial charge is 0.0437 e. The Hall–Kier alpha value is -0.470. The van der Waals surface area contributed by atoms with Gasteiger partial charge in [0.1, 0.15) is 0 Å².